The first-order chi connectivity index (χ1) is 15.0. The van der Waals surface area contributed by atoms with Crippen LogP contribution in [-0.2, 0) is 18.4 Å². The molecule has 4 rings (SSSR count). The SMILES string of the molecule is COc1ccc(C(C#N)N2CCN(C(=O)Cn3c(=O)n(C)c4ccccc43)CC2)cc1. The Bertz CT molecular complexity index is 1180. The number of amides is 1. The third kappa shape index (κ3) is 3.92. The highest BCUT2D eigenvalue weighted by Gasteiger charge is 2.27. The maximum Gasteiger partial charge on any atom is 0.329 e. The van der Waals surface area contributed by atoms with Gasteiger partial charge in [0.1, 0.15) is 18.3 Å². The Morgan fingerprint density at radius 1 is 1.06 bits per heavy atom. The molecule has 160 valence electrons. The van der Waals surface area contributed by atoms with Gasteiger partial charge in [0.15, 0.2) is 0 Å². The van der Waals surface area contributed by atoms with E-state index in [0.717, 1.165) is 22.3 Å². The van der Waals surface area contributed by atoms with Crippen molar-refractivity contribution in [2.75, 3.05) is 33.3 Å². The van der Waals surface area contributed by atoms with E-state index >= 15 is 0 Å². The maximum absolute atomic E-state index is 12.9. The molecule has 2 heterocycles. The number of rotatable bonds is 5. The van der Waals surface area contributed by atoms with Crippen LogP contribution in [0.2, 0.25) is 0 Å². The third-order valence-corrected chi connectivity index (χ3v) is 5.93. The van der Waals surface area contributed by atoms with Crippen molar-refractivity contribution >= 4 is 16.9 Å². The predicted octanol–water partition coefficient (Wildman–Crippen LogP) is 1.76. The molecule has 0 aliphatic carbocycles. The number of imidazole rings is 1. The molecule has 1 aliphatic heterocycles. The lowest BCUT2D eigenvalue weighted by molar-refractivity contribution is -0.133. The van der Waals surface area contributed by atoms with Gasteiger partial charge >= 0.3 is 5.69 Å². The second-order valence-electron chi connectivity index (χ2n) is 7.64. The van der Waals surface area contributed by atoms with Crippen molar-refractivity contribution < 1.29 is 9.53 Å². The van der Waals surface area contributed by atoms with Gasteiger partial charge in [0, 0.05) is 33.2 Å². The number of piperazine rings is 1. The Hall–Kier alpha value is -3.57. The summed E-state index contributed by atoms with van der Waals surface area (Å²) >= 11 is 0. The summed E-state index contributed by atoms with van der Waals surface area (Å²) < 4.78 is 8.28. The Morgan fingerprint density at radius 3 is 2.32 bits per heavy atom. The van der Waals surface area contributed by atoms with Crippen LogP contribution in [0.3, 0.4) is 0 Å². The van der Waals surface area contributed by atoms with Gasteiger partial charge in [0.2, 0.25) is 5.91 Å². The lowest BCUT2D eigenvalue weighted by Gasteiger charge is -2.37. The van der Waals surface area contributed by atoms with Crippen LogP contribution in [0.15, 0.2) is 53.3 Å². The molecule has 0 N–H and O–H groups in total. The minimum Gasteiger partial charge on any atom is -0.497 e. The van der Waals surface area contributed by atoms with E-state index in [1.54, 1.807) is 23.6 Å². The van der Waals surface area contributed by atoms with Crippen LogP contribution in [0.5, 0.6) is 5.75 Å². The number of carbonyl (C=O) groups is 1. The minimum absolute atomic E-state index is 0.0142. The van der Waals surface area contributed by atoms with Gasteiger partial charge in [-0.1, -0.05) is 24.3 Å². The number of nitriles is 1. The van der Waals surface area contributed by atoms with Crippen LogP contribution in [0.4, 0.5) is 0 Å². The summed E-state index contributed by atoms with van der Waals surface area (Å²) in [7, 11) is 3.32. The molecule has 1 saturated heterocycles. The number of benzene rings is 2. The van der Waals surface area contributed by atoms with E-state index < -0.39 is 0 Å². The number of aryl methyl sites for hydroxylation is 1. The van der Waals surface area contributed by atoms with E-state index in [4.69, 9.17) is 4.74 Å². The first kappa shape index (κ1) is 20.7. The summed E-state index contributed by atoms with van der Waals surface area (Å²) in [4.78, 5) is 29.4. The van der Waals surface area contributed by atoms with Gasteiger partial charge in [-0.15, -0.1) is 0 Å². The Labute approximate surface area is 180 Å². The van der Waals surface area contributed by atoms with Crippen molar-refractivity contribution in [2.45, 2.75) is 12.6 Å². The summed E-state index contributed by atoms with van der Waals surface area (Å²) in [6.07, 6.45) is 0. The van der Waals surface area contributed by atoms with Crippen LogP contribution in [0.1, 0.15) is 11.6 Å². The summed E-state index contributed by atoms with van der Waals surface area (Å²) in [5, 5.41) is 9.72. The minimum atomic E-state index is -0.371. The van der Waals surface area contributed by atoms with Gasteiger partial charge in [0.05, 0.1) is 24.2 Å². The monoisotopic (exact) mass is 419 g/mol. The van der Waals surface area contributed by atoms with Crippen LogP contribution in [-0.4, -0.2) is 58.1 Å². The van der Waals surface area contributed by atoms with E-state index in [9.17, 15) is 14.9 Å². The smallest absolute Gasteiger partial charge is 0.329 e. The topological polar surface area (TPSA) is 83.5 Å². The molecule has 1 atom stereocenters. The highest BCUT2D eigenvalue weighted by molar-refractivity contribution is 5.81. The molecule has 2 aromatic carbocycles. The fourth-order valence-corrected chi connectivity index (χ4v) is 4.13. The molecular weight excluding hydrogens is 394 g/mol. The number of para-hydroxylation sites is 2. The number of carbonyl (C=O) groups excluding carboxylic acids is 1. The maximum atomic E-state index is 12.9. The van der Waals surface area contributed by atoms with E-state index in [2.05, 4.69) is 11.0 Å². The molecule has 0 saturated carbocycles. The fourth-order valence-electron chi connectivity index (χ4n) is 4.13. The zero-order valence-electron chi connectivity index (χ0n) is 17.7. The Kier molecular flexibility index (Phi) is 5.78. The van der Waals surface area contributed by atoms with Gasteiger partial charge < -0.3 is 9.64 Å². The third-order valence-electron chi connectivity index (χ3n) is 5.93. The summed E-state index contributed by atoms with van der Waals surface area (Å²) in [6, 6.07) is 17.0. The van der Waals surface area contributed by atoms with Crippen LogP contribution < -0.4 is 10.4 Å². The van der Waals surface area contributed by atoms with Gasteiger partial charge in [0.25, 0.3) is 0 Å². The van der Waals surface area contributed by atoms with Gasteiger partial charge in [-0.3, -0.25) is 18.8 Å². The lowest BCUT2D eigenvalue weighted by Crippen LogP contribution is -2.50. The summed E-state index contributed by atoms with van der Waals surface area (Å²) in [5.41, 5.74) is 2.27. The molecule has 1 unspecified atom stereocenters. The molecule has 0 spiro atoms. The van der Waals surface area contributed by atoms with E-state index in [1.807, 2.05) is 48.5 Å². The molecule has 8 nitrogen and oxygen atoms in total. The zero-order valence-corrected chi connectivity index (χ0v) is 17.7. The van der Waals surface area contributed by atoms with Gasteiger partial charge in [-0.05, 0) is 29.8 Å². The number of nitrogens with zero attached hydrogens (tertiary/aromatic N) is 5. The highest BCUT2D eigenvalue weighted by Crippen LogP contribution is 2.24. The summed E-state index contributed by atoms with van der Waals surface area (Å²) in [6.45, 7) is 2.25. The zero-order chi connectivity index (χ0) is 22.0. The van der Waals surface area contributed by atoms with Crippen LogP contribution in [0.25, 0.3) is 11.0 Å². The van der Waals surface area contributed by atoms with Gasteiger partial charge in [-0.2, -0.15) is 5.26 Å². The molecule has 8 heteroatoms. The largest absolute Gasteiger partial charge is 0.497 e. The lowest BCUT2D eigenvalue weighted by atomic mass is 10.1. The fraction of sp³-hybridized carbons (Fsp3) is 0.348. The van der Waals surface area contributed by atoms with E-state index in [0.29, 0.717) is 26.2 Å². The average molecular weight is 419 g/mol. The number of hydrogen-bond donors (Lipinski definition) is 0. The number of hydrogen-bond acceptors (Lipinski definition) is 5. The van der Waals surface area contributed by atoms with Crippen LogP contribution >= 0.6 is 0 Å². The predicted molar refractivity (Wildman–Crippen MR) is 117 cm³/mol. The van der Waals surface area contributed by atoms with Gasteiger partial charge in [-0.25, -0.2) is 4.79 Å². The number of methoxy groups -OCH3 is 1. The molecule has 31 heavy (non-hydrogen) atoms. The van der Waals surface area contributed by atoms with Crippen LogP contribution in [0, 0.1) is 11.3 Å². The molecule has 0 radical (unpaired) electrons. The van der Waals surface area contributed by atoms with Crippen molar-refractivity contribution in [3.63, 3.8) is 0 Å². The molecule has 1 aromatic heterocycles. The van der Waals surface area contributed by atoms with Crippen molar-refractivity contribution in [3.05, 3.63) is 64.6 Å². The highest BCUT2D eigenvalue weighted by atomic mass is 16.5. The standard InChI is InChI=1S/C23H25N5O3/c1-25-19-5-3-4-6-20(19)28(23(25)30)16-22(29)27-13-11-26(12-14-27)21(15-24)17-7-9-18(31-2)10-8-17/h3-10,21H,11-14,16H2,1-2H3. The molecule has 1 amide bonds. The first-order valence-electron chi connectivity index (χ1n) is 10.2. The summed E-state index contributed by atoms with van der Waals surface area (Å²) in [5.74, 6) is 0.663. The average Bonchev–Trinajstić information content (AvgIpc) is 3.05. The molecule has 1 aliphatic rings. The first-order valence-corrected chi connectivity index (χ1v) is 10.2. The van der Waals surface area contributed by atoms with Crippen molar-refractivity contribution in [3.8, 4) is 11.8 Å². The molecule has 1 fully saturated rings. The molecule has 0 bridgehead atoms. The molecule has 3 aromatic rings. The Morgan fingerprint density at radius 2 is 1.71 bits per heavy atom. The van der Waals surface area contributed by atoms with E-state index in [-0.39, 0.29) is 24.2 Å². The van der Waals surface area contributed by atoms with Crippen molar-refractivity contribution in [1.29, 1.82) is 5.26 Å². The second-order valence-corrected chi connectivity index (χ2v) is 7.64. The Balaban J connectivity index is 1.43. The molecular formula is C23H25N5O3. The normalized spacial score (nSPS) is 15.6. The van der Waals surface area contributed by atoms with Crippen molar-refractivity contribution in [1.82, 2.24) is 18.9 Å². The quantitative estimate of drug-likeness (QED) is 0.629. The number of ether oxygens (including phenoxy) is 1. The number of aromatic nitrogens is 2. The second kappa shape index (κ2) is 8.66. The van der Waals surface area contributed by atoms with Crippen molar-refractivity contribution in [2.24, 2.45) is 7.05 Å². The number of fused-ring (bicyclic) bond motifs is 1. The van der Waals surface area contributed by atoms with E-state index in [1.165, 1.54) is 4.57 Å².